The van der Waals surface area contributed by atoms with Gasteiger partial charge in [0.1, 0.15) is 0 Å². The third kappa shape index (κ3) is 4.91. The molecule has 2 saturated heterocycles. The number of benzene rings is 2. The summed E-state index contributed by atoms with van der Waals surface area (Å²) in [7, 11) is 0. The van der Waals surface area contributed by atoms with Gasteiger partial charge in [-0.3, -0.25) is 9.69 Å². The quantitative estimate of drug-likeness (QED) is 0.800. The van der Waals surface area contributed by atoms with Gasteiger partial charge >= 0.3 is 0 Å². The Morgan fingerprint density at radius 1 is 0.724 bits per heavy atom. The number of anilines is 2. The summed E-state index contributed by atoms with van der Waals surface area (Å²) in [5.74, 6) is 0.276. The summed E-state index contributed by atoms with van der Waals surface area (Å²) in [6.07, 6.45) is 0. The maximum Gasteiger partial charge on any atom is 0.236 e. The average molecular weight is 393 g/mol. The summed E-state index contributed by atoms with van der Waals surface area (Å²) in [6, 6.07) is 17.3. The molecule has 0 saturated carbocycles. The van der Waals surface area contributed by atoms with Crippen molar-refractivity contribution in [2.24, 2.45) is 0 Å². The molecule has 5 heteroatoms. The maximum atomic E-state index is 12.8. The molecule has 2 aliphatic rings. The van der Waals surface area contributed by atoms with Crippen LogP contribution in [0.5, 0.6) is 0 Å². The predicted octanol–water partition coefficient (Wildman–Crippen LogP) is 2.77. The second-order valence-corrected chi connectivity index (χ2v) is 8.31. The van der Waals surface area contributed by atoms with Gasteiger partial charge in [-0.2, -0.15) is 0 Å². The van der Waals surface area contributed by atoms with Crippen LogP contribution in [0.3, 0.4) is 0 Å². The molecule has 0 bridgehead atoms. The smallest absolute Gasteiger partial charge is 0.236 e. The highest BCUT2D eigenvalue weighted by Crippen LogP contribution is 2.19. The SMILES string of the molecule is Cc1cccc(N2CCN(CC(=O)N3CCN(c4cccc(C)c4)CC3)CC2)c1. The van der Waals surface area contributed by atoms with Gasteiger partial charge in [-0.1, -0.05) is 24.3 Å². The first-order valence-electron chi connectivity index (χ1n) is 10.7. The number of carbonyl (C=O) groups is 1. The van der Waals surface area contributed by atoms with Crippen LogP contribution >= 0.6 is 0 Å². The van der Waals surface area contributed by atoms with Gasteiger partial charge in [0.25, 0.3) is 0 Å². The summed E-state index contributed by atoms with van der Waals surface area (Å²) < 4.78 is 0. The fraction of sp³-hybridized carbons (Fsp3) is 0.458. The Bertz CT molecular complexity index is 836. The summed E-state index contributed by atoms with van der Waals surface area (Å²) in [5, 5.41) is 0. The minimum atomic E-state index is 0.276. The summed E-state index contributed by atoms with van der Waals surface area (Å²) >= 11 is 0. The molecule has 154 valence electrons. The number of piperazine rings is 2. The van der Waals surface area contributed by atoms with Crippen LogP contribution in [0, 0.1) is 13.8 Å². The minimum Gasteiger partial charge on any atom is -0.369 e. The third-order valence-electron chi connectivity index (χ3n) is 6.10. The van der Waals surface area contributed by atoms with Crippen molar-refractivity contribution in [2.45, 2.75) is 13.8 Å². The molecule has 0 N–H and O–H groups in total. The first-order chi connectivity index (χ1) is 14.1. The van der Waals surface area contributed by atoms with E-state index in [0.717, 1.165) is 52.4 Å². The Morgan fingerprint density at radius 3 is 1.69 bits per heavy atom. The topological polar surface area (TPSA) is 30.0 Å². The molecular weight excluding hydrogens is 360 g/mol. The molecule has 0 atom stereocenters. The van der Waals surface area contributed by atoms with Gasteiger partial charge in [0.05, 0.1) is 6.54 Å². The third-order valence-corrected chi connectivity index (χ3v) is 6.10. The second-order valence-electron chi connectivity index (χ2n) is 8.31. The maximum absolute atomic E-state index is 12.8. The Kier molecular flexibility index (Phi) is 6.05. The lowest BCUT2D eigenvalue weighted by Gasteiger charge is -2.39. The van der Waals surface area contributed by atoms with Gasteiger partial charge in [-0.25, -0.2) is 0 Å². The molecular formula is C24H32N4O. The largest absolute Gasteiger partial charge is 0.369 e. The van der Waals surface area contributed by atoms with E-state index in [1.165, 1.54) is 22.5 Å². The van der Waals surface area contributed by atoms with Crippen LogP contribution in [0.2, 0.25) is 0 Å². The van der Waals surface area contributed by atoms with Crippen LogP contribution in [0.15, 0.2) is 48.5 Å². The van der Waals surface area contributed by atoms with E-state index >= 15 is 0 Å². The molecule has 2 heterocycles. The zero-order valence-corrected chi connectivity index (χ0v) is 17.7. The standard InChI is InChI=1S/C24H32N4O/c1-20-5-3-7-22(17-20)26-11-9-25(10-12-26)19-24(29)28-15-13-27(14-16-28)23-8-4-6-21(2)18-23/h3-8,17-18H,9-16,19H2,1-2H3. The normalized spacial score (nSPS) is 18.2. The zero-order valence-electron chi connectivity index (χ0n) is 17.7. The van der Waals surface area contributed by atoms with Gasteiger partial charge in [-0.15, -0.1) is 0 Å². The summed E-state index contributed by atoms with van der Waals surface area (Å²) in [4.78, 5) is 22.0. The number of carbonyl (C=O) groups excluding carboxylic acids is 1. The molecule has 2 aliphatic heterocycles. The number of aryl methyl sites for hydroxylation is 2. The highest BCUT2D eigenvalue weighted by atomic mass is 16.2. The molecule has 4 rings (SSSR count). The highest BCUT2D eigenvalue weighted by Gasteiger charge is 2.25. The van der Waals surface area contributed by atoms with E-state index < -0.39 is 0 Å². The lowest BCUT2D eigenvalue weighted by Crippen LogP contribution is -2.54. The van der Waals surface area contributed by atoms with E-state index in [1.54, 1.807) is 0 Å². The minimum absolute atomic E-state index is 0.276. The molecule has 29 heavy (non-hydrogen) atoms. The Balaban J connectivity index is 1.23. The lowest BCUT2D eigenvalue weighted by atomic mass is 10.2. The molecule has 0 spiro atoms. The molecule has 0 aliphatic carbocycles. The molecule has 5 nitrogen and oxygen atoms in total. The molecule has 2 aromatic carbocycles. The van der Waals surface area contributed by atoms with Crippen LogP contribution in [-0.4, -0.2) is 74.6 Å². The van der Waals surface area contributed by atoms with Crippen molar-refractivity contribution >= 4 is 17.3 Å². The zero-order chi connectivity index (χ0) is 20.2. The van der Waals surface area contributed by atoms with Crippen LogP contribution in [0.4, 0.5) is 11.4 Å². The second kappa shape index (κ2) is 8.87. The van der Waals surface area contributed by atoms with E-state index in [0.29, 0.717) is 6.54 Å². The average Bonchev–Trinajstić information content (AvgIpc) is 2.74. The first kappa shape index (κ1) is 19.8. The van der Waals surface area contributed by atoms with E-state index in [4.69, 9.17) is 0 Å². The predicted molar refractivity (Wildman–Crippen MR) is 120 cm³/mol. The highest BCUT2D eigenvalue weighted by molar-refractivity contribution is 5.78. The van der Waals surface area contributed by atoms with Gasteiger partial charge < -0.3 is 14.7 Å². The summed E-state index contributed by atoms with van der Waals surface area (Å²) in [6.45, 7) is 12.1. The monoisotopic (exact) mass is 392 g/mol. The van der Waals surface area contributed by atoms with Gasteiger partial charge in [0.2, 0.25) is 5.91 Å². The van der Waals surface area contributed by atoms with Crippen molar-refractivity contribution in [3.05, 3.63) is 59.7 Å². The lowest BCUT2D eigenvalue weighted by molar-refractivity contribution is -0.132. The Hall–Kier alpha value is -2.53. The molecule has 0 radical (unpaired) electrons. The first-order valence-corrected chi connectivity index (χ1v) is 10.7. The molecule has 2 aromatic rings. The number of amides is 1. The van der Waals surface area contributed by atoms with Crippen molar-refractivity contribution in [2.75, 3.05) is 68.7 Å². The van der Waals surface area contributed by atoms with Crippen molar-refractivity contribution < 1.29 is 4.79 Å². The van der Waals surface area contributed by atoms with E-state index in [9.17, 15) is 4.79 Å². The number of hydrogen-bond acceptors (Lipinski definition) is 4. The Labute approximate surface area is 174 Å². The van der Waals surface area contributed by atoms with Crippen LogP contribution < -0.4 is 9.80 Å². The molecule has 0 unspecified atom stereocenters. The van der Waals surface area contributed by atoms with Crippen molar-refractivity contribution in [3.8, 4) is 0 Å². The Morgan fingerprint density at radius 2 is 1.21 bits per heavy atom. The van der Waals surface area contributed by atoms with Crippen molar-refractivity contribution in [3.63, 3.8) is 0 Å². The molecule has 1 amide bonds. The van der Waals surface area contributed by atoms with Crippen LogP contribution in [0.1, 0.15) is 11.1 Å². The van der Waals surface area contributed by atoms with Gasteiger partial charge in [0, 0.05) is 63.7 Å². The number of hydrogen-bond donors (Lipinski definition) is 0. The van der Waals surface area contributed by atoms with Gasteiger partial charge in [0.15, 0.2) is 0 Å². The van der Waals surface area contributed by atoms with Gasteiger partial charge in [-0.05, 0) is 49.2 Å². The van der Waals surface area contributed by atoms with Crippen LogP contribution in [0.25, 0.3) is 0 Å². The van der Waals surface area contributed by atoms with E-state index in [-0.39, 0.29) is 5.91 Å². The fourth-order valence-electron chi connectivity index (χ4n) is 4.32. The van der Waals surface area contributed by atoms with E-state index in [1.807, 2.05) is 4.90 Å². The fourth-order valence-corrected chi connectivity index (χ4v) is 4.32. The molecule has 2 fully saturated rings. The van der Waals surface area contributed by atoms with Crippen molar-refractivity contribution in [1.82, 2.24) is 9.80 Å². The van der Waals surface area contributed by atoms with E-state index in [2.05, 4.69) is 77.1 Å². The van der Waals surface area contributed by atoms with Crippen LogP contribution in [-0.2, 0) is 4.79 Å². The van der Waals surface area contributed by atoms with Crippen molar-refractivity contribution in [1.29, 1.82) is 0 Å². The molecule has 0 aromatic heterocycles. The number of rotatable bonds is 4. The number of nitrogens with zero attached hydrogens (tertiary/aromatic N) is 4. The summed E-state index contributed by atoms with van der Waals surface area (Å²) in [5.41, 5.74) is 5.14.